The van der Waals surface area contributed by atoms with E-state index in [4.69, 9.17) is 4.98 Å². The number of benzene rings is 2. The van der Waals surface area contributed by atoms with E-state index in [1.54, 1.807) is 11.8 Å². The number of fused-ring (bicyclic) bond motifs is 1. The highest BCUT2D eigenvalue weighted by atomic mass is 32.2. The highest BCUT2D eigenvalue weighted by Crippen LogP contribution is 2.22. The highest BCUT2D eigenvalue weighted by Gasteiger charge is 2.16. The molecule has 1 aliphatic heterocycles. The van der Waals surface area contributed by atoms with Crippen LogP contribution in [0, 0.1) is 0 Å². The highest BCUT2D eigenvalue weighted by molar-refractivity contribution is 7.97. The molecule has 0 radical (unpaired) electrons. The monoisotopic (exact) mass is 422 g/mol. The van der Waals surface area contributed by atoms with Crippen molar-refractivity contribution in [2.45, 2.75) is 38.1 Å². The lowest BCUT2D eigenvalue weighted by Crippen LogP contribution is -2.30. The predicted octanol–water partition coefficient (Wildman–Crippen LogP) is 4.55. The largest absolute Gasteiger partial charge is 0.372 e. The molecule has 0 atom stereocenters. The summed E-state index contributed by atoms with van der Waals surface area (Å²) in [6.07, 6.45) is 5.96. The quantitative estimate of drug-likeness (QED) is 0.560. The molecule has 1 aliphatic rings. The third-order valence-electron chi connectivity index (χ3n) is 5.80. The number of anilines is 1. The van der Waals surface area contributed by atoms with E-state index < -0.39 is 0 Å². The van der Waals surface area contributed by atoms with Crippen molar-refractivity contribution in [1.29, 1.82) is 0 Å². The zero-order valence-corrected chi connectivity index (χ0v) is 18.7. The molecule has 0 aliphatic carbocycles. The summed E-state index contributed by atoms with van der Waals surface area (Å²) in [5, 5.41) is 0. The summed E-state index contributed by atoms with van der Waals surface area (Å²) in [7, 11) is 1.88. The molecule has 3 aromatic rings. The average molecular weight is 423 g/mol. The van der Waals surface area contributed by atoms with Crippen LogP contribution in [0.4, 0.5) is 5.69 Å². The maximum absolute atomic E-state index is 13.0. The van der Waals surface area contributed by atoms with Crippen LogP contribution in [0.15, 0.2) is 48.5 Å². The van der Waals surface area contributed by atoms with E-state index in [1.165, 1.54) is 24.9 Å². The summed E-state index contributed by atoms with van der Waals surface area (Å²) in [6.45, 7) is 3.23. The van der Waals surface area contributed by atoms with Crippen molar-refractivity contribution >= 4 is 34.4 Å². The fourth-order valence-electron chi connectivity index (χ4n) is 4.12. The van der Waals surface area contributed by atoms with E-state index in [0.717, 1.165) is 41.3 Å². The Kier molecular flexibility index (Phi) is 6.62. The molecule has 6 heteroatoms. The van der Waals surface area contributed by atoms with Gasteiger partial charge in [0.25, 0.3) is 0 Å². The van der Waals surface area contributed by atoms with Gasteiger partial charge in [-0.3, -0.25) is 4.79 Å². The first-order valence-electron chi connectivity index (χ1n) is 10.7. The van der Waals surface area contributed by atoms with Gasteiger partial charge >= 0.3 is 0 Å². The molecule has 158 valence electrons. The number of hydrogen-bond acceptors (Lipinski definition) is 4. The normalized spacial score (nSPS) is 14.3. The lowest BCUT2D eigenvalue weighted by Gasteiger charge is -2.29. The summed E-state index contributed by atoms with van der Waals surface area (Å²) >= 11 is 1.72. The summed E-state index contributed by atoms with van der Waals surface area (Å²) in [6, 6.07) is 16.7. The maximum Gasteiger partial charge on any atom is 0.242 e. The van der Waals surface area contributed by atoms with Crippen molar-refractivity contribution < 1.29 is 4.79 Å². The van der Waals surface area contributed by atoms with Gasteiger partial charge in [0.05, 0.1) is 16.8 Å². The van der Waals surface area contributed by atoms with Gasteiger partial charge in [-0.05, 0) is 55.3 Å². The van der Waals surface area contributed by atoms with Gasteiger partial charge < -0.3 is 14.4 Å². The zero-order chi connectivity index (χ0) is 20.9. The lowest BCUT2D eigenvalue weighted by atomic mass is 10.1. The van der Waals surface area contributed by atoms with E-state index in [-0.39, 0.29) is 5.91 Å². The molecular weight excluding hydrogens is 392 g/mol. The van der Waals surface area contributed by atoms with E-state index in [9.17, 15) is 4.79 Å². The second kappa shape index (κ2) is 9.56. The molecule has 0 spiro atoms. The van der Waals surface area contributed by atoms with Crippen LogP contribution < -0.4 is 4.90 Å². The number of aromatic nitrogens is 2. The molecule has 1 aromatic heterocycles. The van der Waals surface area contributed by atoms with Gasteiger partial charge in [-0.25, -0.2) is 4.98 Å². The minimum atomic E-state index is 0.0978. The Morgan fingerprint density at radius 1 is 1.07 bits per heavy atom. The minimum absolute atomic E-state index is 0.0978. The number of para-hydroxylation sites is 2. The summed E-state index contributed by atoms with van der Waals surface area (Å²) in [5.74, 6) is 1.85. The van der Waals surface area contributed by atoms with E-state index in [2.05, 4.69) is 40.0 Å². The van der Waals surface area contributed by atoms with Crippen LogP contribution in [0.3, 0.4) is 0 Å². The molecule has 0 N–H and O–H groups in total. The number of piperidine rings is 1. The fraction of sp³-hybridized carbons (Fsp3) is 0.417. The van der Waals surface area contributed by atoms with E-state index >= 15 is 0 Å². The smallest absolute Gasteiger partial charge is 0.242 e. The predicted molar refractivity (Wildman–Crippen MR) is 126 cm³/mol. The first kappa shape index (κ1) is 20.8. The van der Waals surface area contributed by atoms with Crippen LogP contribution in [-0.2, 0) is 23.6 Å². The second-order valence-corrected chi connectivity index (χ2v) is 8.87. The minimum Gasteiger partial charge on any atom is -0.372 e. The van der Waals surface area contributed by atoms with Gasteiger partial charge in [0, 0.05) is 32.4 Å². The lowest BCUT2D eigenvalue weighted by molar-refractivity contribution is -0.131. The Labute approximate surface area is 183 Å². The first-order chi connectivity index (χ1) is 14.7. The first-order valence-corrected chi connectivity index (χ1v) is 12.1. The molecule has 0 bridgehead atoms. The zero-order valence-electron chi connectivity index (χ0n) is 17.9. The molecule has 1 fully saturated rings. The average Bonchev–Trinajstić information content (AvgIpc) is 3.12. The second-order valence-electron chi connectivity index (χ2n) is 8.00. The van der Waals surface area contributed by atoms with Gasteiger partial charge in [-0.15, -0.1) is 0 Å². The summed E-state index contributed by atoms with van der Waals surface area (Å²) in [4.78, 5) is 22.0. The van der Waals surface area contributed by atoms with Crippen molar-refractivity contribution in [3.8, 4) is 0 Å². The van der Waals surface area contributed by atoms with Crippen LogP contribution >= 0.6 is 11.8 Å². The summed E-state index contributed by atoms with van der Waals surface area (Å²) < 4.78 is 2.06. The van der Waals surface area contributed by atoms with Crippen LogP contribution in [0.5, 0.6) is 0 Å². The molecule has 2 aromatic carbocycles. The number of imidazole rings is 1. The Morgan fingerprint density at radius 3 is 2.53 bits per heavy atom. The molecule has 4 rings (SSSR count). The van der Waals surface area contributed by atoms with Gasteiger partial charge in [0.2, 0.25) is 5.91 Å². The van der Waals surface area contributed by atoms with Gasteiger partial charge in [-0.2, -0.15) is 11.8 Å². The third-order valence-corrected chi connectivity index (χ3v) is 6.35. The van der Waals surface area contributed by atoms with Gasteiger partial charge in [-0.1, -0.05) is 24.3 Å². The van der Waals surface area contributed by atoms with Crippen molar-refractivity contribution in [2.24, 2.45) is 0 Å². The standard InChI is InChI=1S/C24H30N4OS/c1-26(16-19-10-12-20(13-11-19)27-14-6-3-7-15-27)24(29)17-28-22-9-5-4-8-21(22)25-23(28)18-30-2/h4-5,8-13H,3,6-7,14-18H2,1-2H3. The molecular formula is C24H30N4OS. The number of nitrogens with zero attached hydrogens (tertiary/aromatic N) is 4. The summed E-state index contributed by atoms with van der Waals surface area (Å²) in [5.41, 5.74) is 4.42. The Balaban J connectivity index is 1.43. The molecule has 30 heavy (non-hydrogen) atoms. The Hall–Kier alpha value is -2.47. The van der Waals surface area contributed by atoms with Crippen molar-refractivity contribution in [1.82, 2.24) is 14.5 Å². The van der Waals surface area contributed by atoms with Crippen LogP contribution in [-0.4, -0.2) is 46.8 Å². The van der Waals surface area contributed by atoms with E-state index in [1.807, 2.05) is 36.2 Å². The molecule has 0 saturated carbocycles. The Morgan fingerprint density at radius 2 is 1.80 bits per heavy atom. The van der Waals surface area contributed by atoms with E-state index in [0.29, 0.717) is 13.1 Å². The topological polar surface area (TPSA) is 41.4 Å². The Bertz CT molecular complexity index is 992. The molecule has 2 heterocycles. The number of rotatable bonds is 7. The molecule has 1 amide bonds. The number of likely N-dealkylation sites (N-methyl/N-ethyl adjacent to an activating group) is 1. The third kappa shape index (κ3) is 4.64. The number of carbonyl (C=O) groups excluding carboxylic acids is 1. The van der Waals surface area contributed by atoms with Crippen LogP contribution in [0.2, 0.25) is 0 Å². The SMILES string of the molecule is CSCc1nc2ccccc2n1CC(=O)N(C)Cc1ccc(N2CCCCC2)cc1. The number of hydrogen-bond donors (Lipinski definition) is 0. The number of amides is 1. The number of carbonyl (C=O) groups is 1. The van der Waals surface area contributed by atoms with Crippen LogP contribution in [0.25, 0.3) is 11.0 Å². The molecule has 0 unspecified atom stereocenters. The van der Waals surface area contributed by atoms with Crippen LogP contribution in [0.1, 0.15) is 30.7 Å². The van der Waals surface area contributed by atoms with Crippen molar-refractivity contribution in [3.05, 3.63) is 59.9 Å². The molecule has 5 nitrogen and oxygen atoms in total. The van der Waals surface area contributed by atoms with Gasteiger partial charge in [0.15, 0.2) is 0 Å². The van der Waals surface area contributed by atoms with Crippen molar-refractivity contribution in [2.75, 3.05) is 31.3 Å². The number of thioether (sulfide) groups is 1. The van der Waals surface area contributed by atoms with Gasteiger partial charge in [0.1, 0.15) is 12.4 Å². The van der Waals surface area contributed by atoms with Crippen molar-refractivity contribution in [3.63, 3.8) is 0 Å². The fourth-order valence-corrected chi connectivity index (χ4v) is 4.60. The molecule has 1 saturated heterocycles. The maximum atomic E-state index is 13.0.